The van der Waals surface area contributed by atoms with Crippen LogP contribution in [0.4, 0.5) is 5.69 Å². The van der Waals surface area contributed by atoms with Crippen molar-refractivity contribution < 1.29 is 0 Å². The van der Waals surface area contributed by atoms with Crippen molar-refractivity contribution in [1.82, 2.24) is 4.98 Å². The van der Waals surface area contributed by atoms with Crippen molar-refractivity contribution in [2.75, 3.05) is 18.0 Å². The molecule has 1 aromatic heterocycles. The van der Waals surface area contributed by atoms with E-state index in [1.807, 2.05) is 6.20 Å². The molecule has 0 bridgehead atoms. The third-order valence-electron chi connectivity index (χ3n) is 3.38. The molecule has 2 heterocycles. The summed E-state index contributed by atoms with van der Waals surface area (Å²) in [5, 5.41) is 0. The van der Waals surface area contributed by atoms with Gasteiger partial charge in [-0.15, -0.1) is 0 Å². The summed E-state index contributed by atoms with van der Waals surface area (Å²) in [6.07, 6.45) is 4.19. The summed E-state index contributed by atoms with van der Waals surface area (Å²) in [7, 11) is 0. The fourth-order valence-corrected chi connectivity index (χ4v) is 2.18. The van der Waals surface area contributed by atoms with Gasteiger partial charge >= 0.3 is 0 Å². The summed E-state index contributed by atoms with van der Waals surface area (Å²) in [6, 6.07) is 4.29. The number of hydrogen-bond acceptors (Lipinski definition) is 3. The van der Waals surface area contributed by atoms with E-state index in [4.69, 9.17) is 5.73 Å². The van der Waals surface area contributed by atoms with Crippen LogP contribution in [0.1, 0.15) is 38.4 Å². The lowest BCUT2D eigenvalue weighted by atomic mass is 10.1. The molecule has 1 aromatic rings. The highest BCUT2D eigenvalue weighted by molar-refractivity contribution is 5.45. The average molecular weight is 219 g/mol. The first-order chi connectivity index (χ1) is 7.70. The van der Waals surface area contributed by atoms with Gasteiger partial charge < -0.3 is 10.6 Å². The predicted molar refractivity (Wildman–Crippen MR) is 67.5 cm³/mol. The van der Waals surface area contributed by atoms with E-state index in [-0.39, 0.29) is 6.04 Å². The summed E-state index contributed by atoms with van der Waals surface area (Å²) in [6.45, 7) is 6.69. The molecule has 1 saturated heterocycles. The smallest absolute Gasteiger partial charge is 0.0572 e. The lowest BCUT2D eigenvalue weighted by Crippen LogP contribution is -2.19. The molecule has 1 aliphatic heterocycles. The Morgan fingerprint density at radius 3 is 2.88 bits per heavy atom. The zero-order valence-electron chi connectivity index (χ0n) is 10.2. The van der Waals surface area contributed by atoms with E-state index >= 15 is 0 Å². The van der Waals surface area contributed by atoms with Gasteiger partial charge in [-0.1, -0.05) is 13.8 Å². The van der Waals surface area contributed by atoms with Crippen LogP contribution in [-0.4, -0.2) is 18.1 Å². The first-order valence-corrected chi connectivity index (χ1v) is 6.17. The lowest BCUT2D eigenvalue weighted by molar-refractivity contribution is 0.658. The summed E-state index contributed by atoms with van der Waals surface area (Å²) < 4.78 is 0. The van der Waals surface area contributed by atoms with Gasteiger partial charge in [-0.2, -0.15) is 0 Å². The Morgan fingerprint density at radius 1 is 1.56 bits per heavy atom. The number of aromatic nitrogens is 1. The molecule has 2 atom stereocenters. The zero-order valence-corrected chi connectivity index (χ0v) is 10.2. The van der Waals surface area contributed by atoms with Crippen molar-refractivity contribution >= 4 is 5.69 Å². The largest absolute Gasteiger partial charge is 0.370 e. The topological polar surface area (TPSA) is 42.1 Å². The Balaban J connectivity index is 2.07. The van der Waals surface area contributed by atoms with Crippen LogP contribution in [0.2, 0.25) is 0 Å². The molecular formula is C13H21N3. The third-order valence-corrected chi connectivity index (χ3v) is 3.38. The van der Waals surface area contributed by atoms with Crippen LogP contribution in [0.3, 0.4) is 0 Å². The Hall–Kier alpha value is -1.09. The SMILES string of the molecule is CC[C@@H](N)c1ccc(N2CCC(C)C2)cn1. The molecule has 1 aliphatic rings. The molecule has 2 N–H and O–H groups in total. The molecule has 1 unspecified atom stereocenters. The van der Waals surface area contributed by atoms with Gasteiger partial charge in [-0.05, 0) is 30.9 Å². The molecular weight excluding hydrogens is 198 g/mol. The van der Waals surface area contributed by atoms with Crippen molar-refractivity contribution in [3.8, 4) is 0 Å². The first-order valence-electron chi connectivity index (χ1n) is 6.17. The summed E-state index contributed by atoms with van der Waals surface area (Å²) in [5.41, 5.74) is 8.18. The van der Waals surface area contributed by atoms with Crippen LogP contribution in [0.5, 0.6) is 0 Å². The van der Waals surface area contributed by atoms with E-state index in [0.717, 1.165) is 31.1 Å². The van der Waals surface area contributed by atoms with E-state index in [1.54, 1.807) is 0 Å². The van der Waals surface area contributed by atoms with Crippen LogP contribution in [0, 0.1) is 5.92 Å². The highest BCUT2D eigenvalue weighted by Gasteiger charge is 2.19. The normalized spacial score (nSPS) is 22.4. The average Bonchev–Trinajstić information content (AvgIpc) is 2.75. The van der Waals surface area contributed by atoms with Crippen LogP contribution in [0.25, 0.3) is 0 Å². The second-order valence-electron chi connectivity index (χ2n) is 4.80. The lowest BCUT2D eigenvalue weighted by Gasteiger charge is -2.18. The quantitative estimate of drug-likeness (QED) is 0.848. The minimum Gasteiger partial charge on any atom is -0.370 e. The minimum absolute atomic E-state index is 0.0755. The van der Waals surface area contributed by atoms with Crippen LogP contribution in [-0.2, 0) is 0 Å². The number of rotatable bonds is 3. The van der Waals surface area contributed by atoms with Gasteiger partial charge in [0.1, 0.15) is 0 Å². The van der Waals surface area contributed by atoms with E-state index in [9.17, 15) is 0 Å². The molecule has 88 valence electrons. The van der Waals surface area contributed by atoms with Crippen molar-refractivity contribution in [2.24, 2.45) is 11.7 Å². The number of pyridine rings is 1. The molecule has 0 amide bonds. The molecule has 0 aromatic carbocycles. The van der Waals surface area contributed by atoms with Crippen molar-refractivity contribution in [1.29, 1.82) is 0 Å². The number of anilines is 1. The predicted octanol–water partition coefficient (Wildman–Crippen LogP) is 2.34. The minimum atomic E-state index is 0.0755. The van der Waals surface area contributed by atoms with Gasteiger partial charge in [0.05, 0.1) is 17.6 Å². The molecule has 0 radical (unpaired) electrons. The van der Waals surface area contributed by atoms with Crippen molar-refractivity contribution in [3.63, 3.8) is 0 Å². The highest BCUT2D eigenvalue weighted by atomic mass is 15.2. The fraction of sp³-hybridized carbons (Fsp3) is 0.615. The van der Waals surface area contributed by atoms with E-state index < -0.39 is 0 Å². The molecule has 0 spiro atoms. The maximum atomic E-state index is 5.94. The Bertz CT molecular complexity index is 334. The van der Waals surface area contributed by atoms with Crippen molar-refractivity contribution in [2.45, 2.75) is 32.7 Å². The second-order valence-corrected chi connectivity index (χ2v) is 4.80. The number of nitrogens with zero attached hydrogens (tertiary/aromatic N) is 2. The number of nitrogens with two attached hydrogens (primary N) is 1. The molecule has 0 saturated carbocycles. The standard InChI is InChI=1S/C13H21N3/c1-3-12(14)13-5-4-11(8-15-13)16-7-6-10(2)9-16/h4-5,8,10,12H,3,6-7,9,14H2,1-2H3/t10?,12-/m1/s1. The van der Waals surface area contributed by atoms with Crippen molar-refractivity contribution in [3.05, 3.63) is 24.0 Å². The van der Waals surface area contributed by atoms with E-state index in [1.165, 1.54) is 12.1 Å². The van der Waals surface area contributed by atoms with Crippen LogP contribution < -0.4 is 10.6 Å². The highest BCUT2D eigenvalue weighted by Crippen LogP contribution is 2.23. The molecule has 0 aliphatic carbocycles. The number of hydrogen-bond donors (Lipinski definition) is 1. The fourth-order valence-electron chi connectivity index (χ4n) is 2.18. The molecule has 2 rings (SSSR count). The summed E-state index contributed by atoms with van der Waals surface area (Å²) >= 11 is 0. The molecule has 16 heavy (non-hydrogen) atoms. The van der Waals surface area contributed by atoms with Gasteiger partial charge in [-0.25, -0.2) is 0 Å². The maximum absolute atomic E-state index is 5.94. The van der Waals surface area contributed by atoms with Gasteiger partial charge in [0.15, 0.2) is 0 Å². The van der Waals surface area contributed by atoms with E-state index in [0.29, 0.717) is 0 Å². The molecule has 1 fully saturated rings. The van der Waals surface area contributed by atoms with Crippen LogP contribution >= 0.6 is 0 Å². The van der Waals surface area contributed by atoms with Gasteiger partial charge in [0, 0.05) is 19.1 Å². The summed E-state index contributed by atoms with van der Waals surface area (Å²) in [4.78, 5) is 6.85. The van der Waals surface area contributed by atoms with Gasteiger partial charge in [0.25, 0.3) is 0 Å². The second kappa shape index (κ2) is 4.83. The molecule has 3 nitrogen and oxygen atoms in total. The Kier molecular flexibility index (Phi) is 3.44. The first kappa shape index (κ1) is 11.4. The van der Waals surface area contributed by atoms with Gasteiger partial charge in [-0.3, -0.25) is 4.98 Å². The zero-order chi connectivity index (χ0) is 11.5. The van der Waals surface area contributed by atoms with Gasteiger partial charge in [0.2, 0.25) is 0 Å². The van der Waals surface area contributed by atoms with Crippen LogP contribution in [0.15, 0.2) is 18.3 Å². The third kappa shape index (κ3) is 2.35. The maximum Gasteiger partial charge on any atom is 0.0572 e. The Morgan fingerprint density at radius 2 is 2.38 bits per heavy atom. The monoisotopic (exact) mass is 219 g/mol. The van der Waals surface area contributed by atoms with E-state index in [2.05, 4.69) is 35.9 Å². The summed E-state index contributed by atoms with van der Waals surface area (Å²) in [5.74, 6) is 0.803. The Labute approximate surface area is 97.7 Å². The molecule has 3 heteroatoms.